The van der Waals surface area contributed by atoms with Crippen LogP contribution < -0.4 is 5.32 Å². The number of rotatable bonds is 8. The smallest absolute Gasteiger partial charge is 0.374 e. The normalized spacial score (nSPS) is 15.4. The van der Waals surface area contributed by atoms with E-state index in [4.69, 9.17) is 0 Å². The van der Waals surface area contributed by atoms with Crippen molar-refractivity contribution in [2.45, 2.75) is 31.0 Å². The maximum absolute atomic E-state index is 13.6. The van der Waals surface area contributed by atoms with Crippen LogP contribution in [0.4, 0.5) is 13.2 Å². The number of hydrogen-bond acceptors (Lipinski definition) is 5. The topological polar surface area (TPSA) is 105 Å². The van der Waals surface area contributed by atoms with Gasteiger partial charge in [-0.05, 0) is 23.9 Å². The van der Waals surface area contributed by atoms with Gasteiger partial charge in [0.05, 0.1) is 0 Å². The number of carbonyl (C=O) groups is 3. The van der Waals surface area contributed by atoms with Gasteiger partial charge < -0.3 is 15.0 Å². The van der Waals surface area contributed by atoms with E-state index in [0.29, 0.717) is 16.5 Å². The van der Waals surface area contributed by atoms with E-state index in [2.05, 4.69) is 10.3 Å². The summed E-state index contributed by atoms with van der Waals surface area (Å²) in [6.07, 6.45) is -3.37. The van der Waals surface area contributed by atoms with Crippen molar-refractivity contribution in [2.75, 3.05) is 13.1 Å². The lowest BCUT2D eigenvalue weighted by molar-refractivity contribution is -0.272. The summed E-state index contributed by atoms with van der Waals surface area (Å²) in [6.45, 7) is -0.464. The molecule has 4 rings (SSSR count). The highest BCUT2D eigenvalue weighted by molar-refractivity contribution is 6.25. The SMILES string of the molecule is Cn1ccnc1C(O)(CCNC(=O)CCCN1C(=O)c2cccc3cccc(c23)C1=O)C(F)(F)F. The average Bonchev–Trinajstić information content (AvgIpc) is 3.25. The lowest BCUT2D eigenvalue weighted by atomic mass is 9.94. The molecule has 3 amide bonds. The van der Waals surface area contributed by atoms with Crippen LogP contribution in [0.25, 0.3) is 10.8 Å². The van der Waals surface area contributed by atoms with E-state index in [1.54, 1.807) is 24.3 Å². The quantitative estimate of drug-likeness (QED) is 0.475. The molecular formula is C24H23F3N4O4. The van der Waals surface area contributed by atoms with E-state index >= 15 is 0 Å². The molecule has 11 heteroatoms. The van der Waals surface area contributed by atoms with Crippen molar-refractivity contribution in [3.05, 3.63) is 65.7 Å². The standard InChI is InChI=1S/C24H23F3N4O4/c1-30-14-12-29-22(30)23(35,24(25,26)27)10-11-28-18(32)9-4-13-31-20(33)16-7-2-5-15-6-3-8-17(19(15)16)21(31)34/h2-3,5-8,12,14,35H,4,9-11,13H2,1H3,(H,28,32). The number of alkyl halides is 3. The Kier molecular flexibility index (Phi) is 6.37. The second-order valence-corrected chi connectivity index (χ2v) is 8.39. The lowest BCUT2D eigenvalue weighted by Crippen LogP contribution is -2.46. The summed E-state index contributed by atoms with van der Waals surface area (Å²) in [5.41, 5.74) is -2.41. The van der Waals surface area contributed by atoms with Crippen molar-refractivity contribution in [3.63, 3.8) is 0 Å². The number of amides is 3. The Hall–Kier alpha value is -3.73. The molecule has 2 N–H and O–H groups in total. The lowest BCUT2D eigenvalue weighted by Gasteiger charge is -2.30. The largest absolute Gasteiger partial charge is 0.424 e. The number of aliphatic hydroxyl groups is 1. The van der Waals surface area contributed by atoms with Crippen LogP contribution in [0.5, 0.6) is 0 Å². The van der Waals surface area contributed by atoms with Gasteiger partial charge in [-0.3, -0.25) is 19.3 Å². The van der Waals surface area contributed by atoms with Gasteiger partial charge in [0.25, 0.3) is 11.8 Å². The molecule has 0 bridgehead atoms. The minimum atomic E-state index is -5.00. The van der Waals surface area contributed by atoms with E-state index in [9.17, 15) is 32.7 Å². The van der Waals surface area contributed by atoms with Gasteiger partial charge in [0.15, 0.2) is 0 Å². The van der Waals surface area contributed by atoms with Crippen LogP contribution in [0, 0.1) is 0 Å². The summed E-state index contributed by atoms with van der Waals surface area (Å²) >= 11 is 0. The highest BCUT2D eigenvalue weighted by Crippen LogP contribution is 2.40. The highest BCUT2D eigenvalue weighted by Gasteiger charge is 2.57. The molecule has 0 radical (unpaired) electrons. The first-order valence-corrected chi connectivity index (χ1v) is 11.0. The number of aromatic nitrogens is 2. The number of nitrogens with one attached hydrogen (secondary N) is 1. The number of hydrogen-bond donors (Lipinski definition) is 2. The van der Waals surface area contributed by atoms with E-state index in [1.165, 1.54) is 13.2 Å². The zero-order valence-electron chi connectivity index (χ0n) is 18.8. The van der Waals surface area contributed by atoms with Crippen molar-refractivity contribution < 1.29 is 32.7 Å². The molecule has 1 aliphatic heterocycles. The molecule has 0 saturated heterocycles. The molecule has 1 aromatic heterocycles. The van der Waals surface area contributed by atoms with Crippen molar-refractivity contribution in [2.24, 2.45) is 7.05 Å². The van der Waals surface area contributed by atoms with E-state index in [0.717, 1.165) is 21.1 Å². The molecule has 0 fully saturated rings. The van der Waals surface area contributed by atoms with Crippen LogP contribution >= 0.6 is 0 Å². The maximum atomic E-state index is 13.6. The molecule has 8 nitrogen and oxygen atoms in total. The summed E-state index contributed by atoms with van der Waals surface area (Å²) in [6, 6.07) is 10.4. The predicted molar refractivity (Wildman–Crippen MR) is 119 cm³/mol. The van der Waals surface area contributed by atoms with Crippen LogP contribution in [-0.2, 0) is 17.4 Å². The summed E-state index contributed by atoms with van der Waals surface area (Å²) in [7, 11) is 1.33. The minimum absolute atomic E-state index is 0.0183. The molecule has 0 spiro atoms. The molecule has 184 valence electrons. The van der Waals surface area contributed by atoms with Crippen LogP contribution in [0.2, 0.25) is 0 Å². The van der Waals surface area contributed by atoms with Gasteiger partial charge >= 0.3 is 6.18 Å². The van der Waals surface area contributed by atoms with Crippen LogP contribution in [0.1, 0.15) is 45.8 Å². The summed E-state index contributed by atoms with van der Waals surface area (Å²) < 4.78 is 41.7. The Morgan fingerprint density at radius 2 is 1.71 bits per heavy atom. The fraction of sp³-hybridized carbons (Fsp3) is 0.333. The second kappa shape index (κ2) is 9.14. The van der Waals surface area contributed by atoms with Gasteiger partial charge in [-0.1, -0.05) is 24.3 Å². The van der Waals surface area contributed by atoms with Crippen molar-refractivity contribution in [1.82, 2.24) is 19.8 Å². The number of aryl methyl sites for hydroxylation is 1. The summed E-state index contributed by atoms with van der Waals surface area (Å²) in [5, 5.41) is 14.1. The first-order valence-electron chi connectivity index (χ1n) is 11.0. The zero-order chi connectivity index (χ0) is 25.4. The third-order valence-electron chi connectivity index (χ3n) is 6.11. The summed E-state index contributed by atoms with van der Waals surface area (Å²) in [4.78, 5) is 42.6. The molecule has 3 aromatic rings. The first kappa shape index (κ1) is 24.4. The third-order valence-corrected chi connectivity index (χ3v) is 6.11. The highest BCUT2D eigenvalue weighted by atomic mass is 19.4. The summed E-state index contributed by atoms with van der Waals surface area (Å²) in [5.74, 6) is -2.04. The molecule has 1 unspecified atom stereocenters. The Morgan fingerprint density at radius 1 is 1.09 bits per heavy atom. The van der Waals surface area contributed by atoms with Crippen molar-refractivity contribution in [1.29, 1.82) is 0 Å². The zero-order valence-corrected chi connectivity index (χ0v) is 18.8. The van der Waals surface area contributed by atoms with Gasteiger partial charge in [-0.2, -0.15) is 13.2 Å². The van der Waals surface area contributed by atoms with Crippen LogP contribution in [0.3, 0.4) is 0 Å². The molecule has 2 aromatic carbocycles. The monoisotopic (exact) mass is 488 g/mol. The number of imide groups is 1. The first-order chi connectivity index (χ1) is 16.5. The van der Waals surface area contributed by atoms with Crippen molar-refractivity contribution in [3.8, 4) is 0 Å². The molecule has 0 saturated carbocycles. The molecule has 0 aliphatic carbocycles. The van der Waals surface area contributed by atoms with E-state index < -0.39 is 48.3 Å². The minimum Gasteiger partial charge on any atom is -0.374 e. The third kappa shape index (κ3) is 4.39. The van der Waals surface area contributed by atoms with Gasteiger partial charge in [-0.15, -0.1) is 0 Å². The van der Waals surface area contributed by atoms with Gasteiger partial charge in [0, 0.05) is 61.9 Å². The fourth-order valence-corrected chi connectivity index (χ4v) is 4.30. The Balaban J connectivity index is 1.33. The van der Waals surface area contributed by atoms with E-state index in [-0.39, 0.29) is 19.4 Å². The van der Waals surface area contributed by atoms with Gasteiger partial charge in [0.2, 0.25) is 11.5 Å². The average molecular weight is 488 g/mol. The van der Waals surface area contributed by atoms with Crippen LogP contribution in [0.15, 0.2) is 48.8 Å². The molecule has 1 aliphatic rings. The number of benzene rings is 2. The van der Waals surface area contributed by atoms with Crippen molar-refractivity contribution >= 4 is 28.5 Å². The van der Waals surface area contributed by atoms with Gasteiger partial charge in [0.1, 0.15) is 5.82 Å². The Morgan fingerprint density at radius 3 is 2.26 bits per heavy atom. The molecule has 2 heterocycles. The number of imidazole rings is 1. The number of nitrogens with zero attached hydrogens (tertiary/aromatic N) is 3. The molecule has 35 heavy (non-hydrogen) atoms. The number of carbonyl (C=O) groups excluding carboxylic acids is 3. The number of halogens is 3. The fourth-order valence-electron chi connectivity index (χ4n) is 4.30. The molecule has 1 atom stereocenters. The molecular weight excluding hydrogens is 465 g/mol. The second-order valence-electron chi connectivity index (χ2n) is 8.39. The predicted octanol–water partition coefficient (Wildman–Crippen LogP) is 2.91. The Bertz CT molecular complexity index is 1250. The van der Waals surface area contributed by atoms with Gasteiger partial charge in [-0.25, -0.2) is 4.98 Å². The van der Waals surface area contributed by atoms with Crippen LogP contribution in [-0.4, -0.2) is 56.5 Å². The maximum Gasteiger partial charge on any atom is 0.424 e. The van der Waals surface area contributed by atoms with E-state index in [1.807, 2.05) is 12.1 Å². The Labute approximate surface area is 198 Å².